The molecule has 248 valence electrons. The Kier molecular flexibility index (Phi) is 8.60. The molecule has 1 spiro atoms. The molecule has 5 aliphatic rings. The van der Waals surface area contributed by atoms with Crippen molar-refractivity contribution in [3.8, 4) is 0 Å². The summed E-state index contributed by atoms with van der Waals surface area (Å²) in [6.07, 6.45) is -0.230. The molecule has 2 aliphatic carbocycles. The third-order valence-electron chi connectivity index (χ3n) is 10.2. The molecule has 9 nitrogen and oxygen atoms in total. The van der Waals surface area contributed by atoms with E-state index >= 15 is 0 Å². The number of alkyl carbamates (subject to hydrolysis) is 1. The standard InChI is InChI=1S/C33H45F3N4O5/c1-31(2,3)45-30(43)38-26-11-9-22(37-23-16-25(17-23)44-33(34,35)36)15-24-10-12-27(40(24)28(26)41)29(42)39-19-21(18-32(39)13-14-32)20-7-5-4-6-8-20/h4-8,21-27,37H,9-19H2,1-3H3,(H,38,43)/t21-,22+,23?,24-,25?,26+,27+/m1/s1. The third kappa shape index (κ3) is 7.26. The van der Waals surface area contributed by atoms with Crippen LogP contribution in [0.3, 0.4) is 0 Å². The van der Waals surface area contributed by atoms with Gasteiger partial charge < -0.3 is 25.2 Å². The topological polar surface area (TPSA) is 100 Å². The van der Waals surface area contributed by atoms with Crippen LogP contribution >= 0.6 is 0 Å². The van der Waals surface area contributed by atoms with Crippen LogP contribution in [0.2, 0.25) is 0 Å². The summed E-state index contributed by atoms with van der Waals surface area (Å²) in [5.41, 5.74) is 0.315. The van der Waals surface area contributed by atoms with Gasteiger partial charge in [0.05, 0.1) is 6.10 Å². The lowest BCUT2D eigenvalue weighted by molar-refractivity contribution is -0.352. The van der Waals surface area contributed by atoms with E-state index in [1.165, 1.54) is 5.56 Å². The number of nitrogens with zero attached hydrogens (tertiary/aromatic N) is 2. The summed E-state index contributed by atoms with van der Waals surface area (Å²) in [6, 6.07) is 8.31. The Morgan fingerprint density at radius 3 is 2.31 bits per heavy atom. The second-order valence-corrected chi connectivity index (χ2v) is 14.7. The summed E-state index contributed by atoms with van der Waals surface area (Å²) in [5, 5.41) is 6.28. The molecule has 6 rings (SSSR count). The maximum atomic E-state index is 14.4. The monoisotopic (exact) mass is 634 g/mol. The smallest absolute Gasteiger partial charge is 0.444 e. The predicted octanol–water partition coefficient (Wildman–Crippen LogP) is 5.00. The van der Waals surface area contributed by atoms with Gasteiger partial charge in [0.15, 0.2) is 0 Å². The molecule has 0 aromatic heterocycles. The number of fused-ring (bicyclic) bond motifs is 1. The molecule has 0 radical (unpaired) electrons. The molecule has 1 aromatic rings. The second-order valence-electron chi connectivity index (χ2n) is 14.7. The Hall–Kier alpha value is -2.86. The lowest BCUT2D eigenvalue weighted by Crippen LogP contribution is -2.60. The summed E-state index contributed by atoms with van der Waals surface area (Å²) >= 11 is 0. The molecule has 3 aliphatic heterocycles. The highest BCUT2D eigenvalue weighted by molar-refractivity contribution is 5.93. The van der Waals surface area contributed by atoms with E-state index in [2.05, 4.69) is 27.5 Å². The number of benzene rings is 1. The van der Waals surface area contributed by atoms with Gasteiger partial charge in [-0.05, 0) is 90.5 Å². The number of rotatable bonds is 6. The van der Waals surface area contributed by atoms with Crippen LogP contribution in [-0.2, 0) is 19.1 Å². The minimum Gasteiger partial charge on any atom is -0.444 e. The Labute approximate surface area is 262 Å². The van der Waals surface area contributed by atoms with Crippen molar-refractivity contribution in [2.45, 2.75) is 145 Å². The Bertz CT molecular complexity index is 1260. The van der Waals surface area contributed by atoms with Crippen LogP contribution in [0.4, 0.5) is 18.0 Å². The number of hydrogen-bond acceptors (Lipinski definition) is 6. The zero-order chi connectivity index (χ0) is 32.1. The highest BCUT2D eigenvalue weighted by atomic mass is 19.4. The molecule has 3 amide bonds. The highest BCUT2D eigenvalue weighted by Crippen LogP contribution is 2.54. The van der Waals surface area contributed by atoms with Gasteiger partial charge in [0, 0.05) is 36.1 Å². The van der Waals surface area contributed by atoms with Crippen LogP contribution in [-0.4, -0.2) is 88.1 Å². The molecule has 12 heteroatoms. The third-order valence-corrected chi connectivity index (χ3v) is 10.2. The van der Waals surface area contributed by atoms with Crippen molar-refractivity contribution in [3.63, 3.8) is 0 Å². The predicted molar refractivity (Wildman–Crippen MR) is 159 cm³/mol. The average molecular weight is 635 g/mol. The highest BCUT2D eigenvalue weighted by Gasteiger charge is 2.58. The summed E-state index contributed by atoms with van der Waals surface area (Å²) in [6.45, 7) is 5.87. The number of carbonyl (C=O) groups is 3. The van der Waals surface area contributed by atoms with E-state index in [9.17, 15) is 27.6 Å². The van der Waals surface area contributed by atoms with Crippen molar-refractivity contribution >= 4 is 17.9 Å². The zero-order valence-corrected chi connectivity index (χ0v) is 26.3. The molecule has 0 bridgehead atoms. The lowest BCUT2D eigenvalue weighted by Gasteiger charge is -2.42. The molecule has 45 heavy (non-hydrogen) atoms. The van der Waals surface area contributed by atoms with Gasteiger partial charge in [-0.15, -0.1) is 13.2 Å². The first-order valence-electron chi connectivity index (χ1n) is 16.4. The van der Waals surface area contributed by atoms with Gasteiger partial charge in [0.25, 0.3) is 0 Å². The van der Waals surface area contributed by atoms with Gasteiger partial charge in [0.2, 0.25) is 11.8 Å². The molecule has 5 atom stereocenters. The average Bonchev–Trinajstić information content (AvgIpc) is 3.42. The van der Waals surface area contributed by atoms with Crippen LogP contribution in [0.5, 0.6) is 0 Å². The van der Waals surface area contributed by atoms with E-state index in [0.717, 1.165) is 19.3 Å². The van der Waals surface area contributed by atoms with Crippen molar-refractivity contribution in [3.05, 3.63) is 35.9 Å². The molecule has 2 N–H and O–H groups in total. The van der Waals surface area contributed by atoms with Crippen molar-refractivity contribution in [2.24, 2.45) is 0 Å². The zero-order valence-electron chi connectivity index (χ0n) is 26.3. The number of likely N-dealkylation sites (tertiary alicyclic amines) is 1. The van der Waals surface area contributed by atoms with Gasteiger partial charge >= 0.3 is 12.5 Å². The summed E-state index contributed by atoms with van der Waals surface area (Å²) < 4.78 is 47.6. The van der Waals surface area contributed by atoms with Crippen LogP contribution in [0.15, 0.2) is 30.3 Å². The molecule has 3 saturated heterocycles. The van der Waals surface area contributed by atoms with Crippen molar-refractivity contribution < 1.29 is 37.0 Å². The van der Waals surface area contributed by atoms with E-state index in [1.54, 1.807) is 25.7 Å². The first kappa shape index (κ1) is 32.1. The van der Waals surface area contributed by atoms with Crippen molar-refractivity contribution in [1.29, 1.82) is 0 Å². The SMILES string of the molecule is CC(C)(C)OC(=O)N[C@H]1CC[C@H](NC2CC(OC(F)(F)F)C2)C[C@H]2CC[C@@H](C(=O)N3C[C@H](c4ccccc4)CC34CC4)N2C1=O. The molecule has 0 unspecified atom stereocenters. The number of nitrogens with one attached hydrogen (secondary N) is 2. The first-order valence-corrected chi connectivity index (χ1v) is 16.4. The summed E-state index contributed by atoms with van der Waals surface area (Å²) in [5.74, 6) is -0.0409. The fourth-order valence-corrected chi connectivity index (χ4v) is 7.98. The van der Waals surface area contributed by atoms with Crippen molar-refractivity contribution in [2.75, 3.05) is 6.54 Å². The number of ether oxygens (including phenoxy) is 2. The quantitative estimate of drug-likeness (QED) is 0.457. The number of hydrogen-bond donors (Lipinski definition) is 2. The normalized spacial score (nSPS) is 32.8. The molecule has 5 fully saturated rings. The fraction of sp³-hybridized carbons (Fsp3) is 0.727. The van der Waals surface area contributed by atoms with Gasteiger partial charge in [-0.3, -0.25) is 14.3 Å². The lowest BCUT2D eigenvalue weighted by atomic mass is 9.86. The molecular weight excluding hydrogens is 589 g/mol. The number of halogens is 3. The van der Waals surface area contributed by atoms with E-state index in [0.29, 0.717) is 38.6 Å². The van der Waals surface area contributed by atoms with Crippen LogP contribution in [0, 0.1) is 0 Å². The number of amides is 3. The second kappa shape index (κ2) is 12.1. The number of alkyl halides is 3. The van der Waals surface area contributed by atoms with Crippen molar-refractivity contribution in [1.82, 2.24) is 20.4 Å². The first-order chi connectivity index (χ1) is 21.2. The molecule has 3 heterocycles. The number of carbonyl (C=O) groups excluding carboxylic acids is 3. The molecular formula is C33H45F3N4O5. The van der Waals surface area contributed by atoms with Gasteiger partial charge in [0.1, 0.15) is 17.7 Å². The van der Waals surface area contributed by atoms with E-state index < -0.39 is 36.2 Å². The molecule has 1 aromatic carbocycles. The van der Waals surface area contributed by atoms with Gasteiger partial charge in [-0.1, -0.05) is 30.3 Å². The maximum absolute atomic E-state index is 14.4. The van der Waals surface area contributed by atoms with E-state index in [1.807, 2.05) is 23.1 Å². The van der Waals surface area contributed by atoms with Crippen LogP contribution < -0.4 is 10.6 Å². The van der Waals surface area contributed by atoms with Crippen LogP contribution in [0.1, 0.15) is 96.5 Å². The minimum atomic E-state index is -4.65. The Morgan fingerprint density at radius 1 is 0.956 bits per heavy atom. The van der Waals surface area contributed by atoms with Gasteiger partial charge in [-0.25, -0.2) is 4.79 Å². The summed E-state index contributed by atoms with van der Waals surface area (Å²) in [4.78, 5) is 45.1. The molecule has 2 saturated carbocycles. The largest absolute Gasteiger partial charge is 0.522 e. The summed E-state index contributed by atoms with van der Waals surface area (Å²) in [7, 11) is 0. The maximum Gasteiger partial charge on any atom is 0.522 e. The van der Waals surface area contributed by atoms with Crippen LogP contribution in [0.25, 0.3) is 0 Å². The Balaban J connectivity index is 1.18. The Morgan fingerprint density at radius 2 is 1.67 bits per heavy atom. The van der Waals surface area contributed by atoms with Gasteiger partial charge in [-0.2, -0.15) is 0 Å². The fourth-order valence-electron chi connectivity index (χ4n) is 7.98. The minimum absolute atomic E-state index is 0.0194. The van der Waals surface area contributed by atoms with E-state index in [4.69, 9.17) is 4.74 Å². The van der Waals surface area contributed by atoms with E-state index in [-0.39, 0.29) is 54.2 Å².